The van der Waals surface area contributed by atoms with Crippen molar-refractivity contribution in [2.75, 3.05) is 0 Å². The van der Waals surface area contributed by atoms with Crippen molar-refractivity contribution in [1.82, 2.24) is 5.48 Å². The maximum atomic E-state index is 10.9. The summed E-state index contributed by atoms with van der Waals surface area (Å²) in [5, 5.41) is 0. The minimum atomic E-state index is 0.0492. The van der Waals surface area contributed by atoms with E-state index in [2.05, 4.69) is 5.48 Å². The number of rotatable bonds is 0. The molecule has 1 amide bonds. The van der Waals surface area contributed by atoms with E-state index < -0.39 is 0 Å². The lowest BCUT2D eigenvalue weighted by molar-refractivity contribution is -0.159. The first-order valence-electron chi connectivity index (χ1n) is 4.31. The van der Waals surface area contributed by atoms with Gasteiger partial charge in [0.05, 0.1) is 6.10 Å². The quantitative estimate of drug-likeness (QED) is 0.566. The zero-order valence-corrected chi connectivity index (χ0v) is 6.51. The molecule has 2 atom stereocenters. The van der Waals surface area contributed by atoms with E-state index in [0.717, 1.165) is 12.8 Å². The van der Waals surface area contributed by atoms with Gasteiger partial charge in [0.15, 0.2) is 0 Å². The normalized spacial score (nSPS) is 37.6. The number of amides is 1. The molecule has 0 aromatic heterocycles. The number of hydrogen-bond acceptors (Lipinski definition) is 2. The lowest BCUT2D eigenvalue weighted by atomic mass is 9.83. The van der Waals surface area contributed by atoms with E-state index in [4.69, 9.17) is 4.84 Å². The monoisotopic (exact) mass is 155 g/mol. The van der Waals surface area contributed by atoms with Crippen LogP contribution in [0.15, 0.2) is 0 Å². The molecule has 2 fully saturated rings. The Kier molecular flexibility index (Phi) is 1.82. The van der Waals surface area contributed by atoms with E-state index in [1.165, 1.54) is 12.8 Å². The molecule has 1 heterocycles. The van der Waals surface area contributed by atoms with Crippen LogP contribution in [0.3, 0.4) is 0 Å². The second-order valence-corrected chi connectivity index (χ2v) is 3.43. The Hall–Kier alpha value is -0.570. The van der Waals surface area contributed by atoms with Gasteiger partial charge in [0.1, 0.15) is 0 Å². The van der Waals surface area contributed by atoms with Gasteiger partial charge in [-0.2, -0.15) is 0 Å². The number of carbonyl (C=O) groups is 1. The van der Waals surface area contributed by atoms with Crippen molar-refractivity contribution in [3.8, 4) is 0 Å². The molecule has 62 valence electrons. The van der Waals surface area contributed by atoms with Crippen LogP contribution in [0.4, 0.5) is 0 Å². The Bertz CT molecular complexity index is 169. The van der Waals surface area contributed by atoms with Crippen LogP contribution < -0.4 is 5.48 Å². The van der Waals surface area contributed by atoms with Gasteiger partial charge in [0, 0.05) is 6.42 Å². The van der Waals surface area contributed by atoms with Crippen molar-refractivity contribution >= 4 is 5.91 Å². The van der Waals surface area contributed by atoms with E-state index in [1.54, 1.807) is 0 Å². The maximum absolute atomic E-state index is 10.9. The minimum Gasteiger partial charge on any atom is -0.273 e. The van der Waals surface area contributed by atoms with Crippen molar-refractivity contribution in [1.29, 1.82) is 0 Å². The Morgan fingerprint density at radius 2 is 2.18 bits per heavy atom. The Balaban J connectivity index is 1.98. The largest absolute Gasteiger partial charge is 0.273 e. The molecule has 2 aliphatic rings. The fourth-order valence-corrected chi connectivity index (χ4v) is 1.98. The van der Waals surface area contributed by atoms with Crippen molar-refractivity contribution in [3.63, 3.8) is 0 Å². The van der Waals surface area contributed by atoms with E-state index >= 15 is 0 Å². The van der Waals surface area contributed by atoms with Crippen molar-refractivity contribution < 1.29 is 9.63 Å². The first-order valence-corrected chi connectivity index (χ1v) is 4.31. The Morgan fingerprint density at radius 3 is 3.09 bits per heavy atom. The van der Waals surface area contributed by atoms with E-state index in [1.807, 2.05) is 0 Å². The smallest absolute Gasteiger partial charge is 0.243 e. The summed E-state index contributed by atoms with van der Waals surface area (Å²) in [5.74, 6) is 0.547. The van der Waals surface area contributed by atoms with Crippen LogP contribution in [-0.4, -0.2) is 12.0 Å². The van der Waals surface area contributed by atoms with Gasteiger partial charge in [-0.3, -0.25) is 9.63 Å². The molecule has 0 spiro atoms. The van der Waals surface area contributed by atoms with Gasteiger partial charge in [0.25, 0.3) is 0 Å². The molecular formula is C8H13NO2. The standard InChI is InChI=1S/C8H13NO2/c10-8-5-6-3-1-2-4-7(6)11-9-8/h6-7H,1-5H2,(H,9,10)/t6-,7-/m0/s1. The highest BCUT2D eigenvalue weighted by molar-refractivity contribution is 5.75. The molecule has 11 heavy (non-hydrogen) atoms. The SMILES string of the molecule is O=C1C[C@@H]2CCCC[C@@H]2ON1. The third-order valence-electron chi connectivity index (χ3n) is 2.61. The number of carbonyl (C=O) groups excluding carboxylic acids is 1. The molecule has 1 aliphatic carbocycles. The third kappa shape index (κ3) is 1.38. The fraction of sp³-hybridized carbons (Fsp3) is 0.875. The molecule has 2 rings (SSSR count). The lowest BCUT2D eigenvalue weighted by Gasteiger charge is -2.34. The number of hydrogen-bond donors (Lipinski definition) is 1. The van der Waals surface area contributed by atoms with Gasteiger partial charge >= 0.3 is 0 Å². The first kappa shape index (κ1) is 7.10. The number of fused-ring (bicyclic) bond motifs is 1. The van der Waals surface area contributed by atoms with Crippen molar-refractivity contribution in [2.24, 2.45) is 5.92 Å². The third-order valence-corrected chi connectivity index (χ3v) is 2.61. The molecule has 0 unspecified atom stereocenters. The minimum absolute atomic E-state index is 0.0492. The second-order valence-electron chi connectivity index (χ2n) is 3.43. The molecular weight excluding hydrogens is 142 g/mol. The summed E-state index contributed by atoms with van der Waals surface area (Å²) >= 11 is 0. The average molecular weight is 155 g/mol. The lowest BCUT2D eigenvalue weighted by Crippen LogP contribution is -2.43. The van der Waals surface area contributed by atoms with Crippen LogP contribution in [0.25, 0.3) is 0 Å². The van der Waals surface area contributed by atoms with Crippen LogP contribution in [0, 0.1) is 5.92 Å². The molecule has 1 saturated carbocycles. The molecule has 0 aromatic carbocycles. The van der Waals surface area contributed by atoms with Crippen molar-refractivity contribution in [2.45, 2.75) is 38.2 Å². The average Bonchev–Trinajstić information content (AvgIpc) is 2.04. The highest BCUT2D eigenvalue weighted by Crippen LogP contribution is 2.30. The molecule has 3 heteroatoms. The second kappa shape index (κ2) is 2.81. The predicted octanol–water partition coefficient (Wildman–Crippen LogP) is 0.997. The summed E-state index contributed by atoms with van der Waals surface area (Å²) in [7, 11) is 0. The molecule has 0 bridgehead atoms. The van der Waals surface area contributed by atoms with Crippen LogP contribution in [0.1, 0.15) is 32.1 Å². The van der Waals surface area contributed by atoms with Crippen molar-refractivity contribution in [3.05, 3.63) is 0 Å². The molecule has 1 N–H and O–H groups in total. The molecule has 1 saturated heterocycles. The summed E-state index contributed by atoms with van der Waals surface area (Å²) < 4.78 is 0. The first-order chi connectivity index (χ1) is 5.36. The molecule has 0 radical (unpaired) electrons. The number of nitrogens with one attached hydrogen (secondary N) is 1. The molecule has 3 nitrogen and oxygen atoms in total. The predicted molar refractivity (Wildman–Crippen MR) is 39.6 cm³/mol. The van der Waals surface area contributed by atoms with Gasteiger partial charge in [-0.15, -0.1) is 0 Å². The fourth-order valence-electron chi connectivity index (χ4n) is 1.98. The molecule has 0 aromatic rings. The Labute approximate surface area is 66.1 Å². The zero-order valence-electron chi connectivity index (χ0n) is 6.51. The van der Waals surface area contributed by atoms with Gasteiger partial charge in [0.2, 0.25) is 5.91 Å². The summed E-state index contributed by atoms with van der Waals surface area (Å²) in [6.45, 7) is 0. The summed E-state index contributed by atoms with van der Waals surface area (Å²) in [5.41, 5.74) is 2.44. The van der Waals surface area contributed by atoms with Gasteiger partial charge in [-0.25, -0.2) is 5.48 Å². The summed E-state index contributed by atoms with van der Waals surface area (Å²) in [6, 6.07) is 0. The van der Waals surface area contributed by atoms with E-state index in [0.29, 0.717) is 18.4 Å². The maximum Gasteiger partial charge on any atom is 0.243 e. The summed E-state index contributed by atoms with van der Waals surface area (Å²) in [4.78, 5) is 16.1. The van der Waals surface area contributed by atoms with E-state index in [9.17, 15) is 4.79 Å². The number of hydroxylamine groups is 1. The van der Waals surface area contributed by atoms with Crippen LogP contribution in [0.5, 0.6) is 0 Å². The van der Waals surface area contributed by atoms with Crippen LogP contribution >= 0.6 is 0 Å². The van der Waals surface area contributed by atoms with Gasteiger partial charge < -0.3 is 0 Å². The highest BCUT2D eigenvalue weighted by atomic mass is 16.7. The van der Waals surface area contributed by atoms with Crippen LogP contribution in [-0.2, 0) is 9.63 Å². The van der Waals surface area contributed by atoms with Crippen LogP contribution in [0.2, 0.25) is 0 Å². The Morgan fingerprint density at radius 1 is 1.36 bits per heavy atom. The highest BCUT2D eigenvalue weighted by Gasteiger charge is 2.32. The van der Waals surface area contributed by atoms with Gasteiger partial charge in [-0.1, -0.05) is 12.8 Å². The zero-order chi connectivity index (χ0) is 7.68. The van der Waals surface area contributed by atoms with Gasteiger partial charge in [-0.05, 0) is 18.8 Å². The summed E-state index contributed by atoms with van der Waals surface area (Å²) in [6.07, 6.45) is 5.77. The molecule has 1 aliphatic heterocycles. The van der Waals surface area contributed by atoms with E-state index in [-0.39, 0.29) is 5.91 Å². The topological polar surface area (TPSA) is 38.3 Å².